The van der Waals surface area contributed by atoms with Crippen LogP contribution in [0.15, 0.2) is 22.8 Å². The van der Waals surface area contributed by atoms with Crippen molar-refractivity contribution in [3.05, 3.63) is 27.8 Å². The lowest BCUT2D eigenvalue weighted by atomic mass is 9.99. The predicted molar refractivity (Wildman–Crippen MR) is 85.4 cm³/mol. The Morgan fingerprint density at radius 3 is 2.65 bits per heavy atom. The van der Waals surface area contributed by atoms with E-state index in [1.54, 1.807) is 18.3 Å². The lowest BCUT2D eigenvalue weighted by molar-refractivity contribution is -0.277. The second kappa shape index (κ2) is 6.56. The number of rotatable bonds is 3. The minimum Gasteiger partial charge on any atom is -0.460 e. The minimum atomic E-state index is -1.50. The summed E-state index contributed by atoms with van der Waals surface area (Å²) in [6, 6.07) is 3.57. The highest BCUT2D eigenvalue weighted by molar-refractivity contribution is 9.10. The monoisotopic (exact) mass is 407 g/mol. The Labute approximate surface area is 144 Å². The quantitative estimate of drug-likeness (QED) is 0.512. The van der Waals surface area contributed by atoms with Gasteiger partial charge in [0.1, 0.15) is 30.2 Å². The molecule has 126 valence electrons. The summed E-state index contributed by atoms with van der Waals surface area (Å²) in [5.74, 6) is 0.315. The molecule has 5 N–H and O–H groups in total. The molecule has 5 atom stereocenters. The molecule has 0 amide bonds. The number of hydrogen-bond acceptors (Lipinski definition) is 6. The highest BCUT2D eigenvalue weighted by Gasteiger charge is 2.44. The fourth-order valence-corrected chi connectivity index (χ4v) is 3.10. The summed E-state index contributed by atoms with van der Waals surface area (Å²) in [6.45, 7) is -0.523. The SMILES string of the molecule is OC[C@H]1O[C@H](Oc2c[nH]c3ccc(Br)c(Cl)c23)[C@H](O)[C@H](O)[C@H]1O. The van der Waals surface area contributed by atoms with Crippen molar-refractivity contribution in [1.82, 2.24) is 4.98 Å². The van der Waals surface area contributed by atoms with Gasteiger partial charge in [0.25, 0.3) is 0 Å². The minimum absolute atomic E-state index is 0.315. The number of hydrogen-bond donors (Lipinski definition) is 5. The average Bonchev–Trinajstić information content (AvgIpc) is 2.95. The van der Waals surface area contributed by atoms with Crippen molar-refractivity contribution in [2.24, 2.45) is 0 Å². The highest BCUT2D eigenvalue weighted by Crippen LogP contribution is 2.38. The Hall–Kier alpha value is -0.870. The fraction of sp³-hybridized carbons (Fsp3) is 0.429. The van der Waals surface area contributed by atoms with Crippen molar-refractivity contribution in [2.45, 2.75) is 30.7 Å². The maximum absolute atomic E-state index is 10.0. The van der Waals surface area contributed by atoms with E-state index in [1.165, 1.54) is 0 Å². The van der Waals surface area contributed by atoms with E-state index in [0.717, 1.165) is 5.52 Å². The third-order valence-electron chi connectivity index (χ3n) is 3.79. The molecule has 0 radical (unpaired) electrons. The number of H-pyrrole nitrogens is 1. The summed E-state index contributed by atoms with van der Waals surface area (Å²) in [5, 5.41) is 39.8. The van der Waals surface area contributed by atoms with Crippen LogP contribution in [0.5, 0.6) is 5.75 Å². The Bertz CT molecular complexity index is 708. The van der Waals surface area contributed by atoms with Gasteiger partial charge in [0.15, 0.2) is 0 Å². The van der Waals surface area contributed by atoms with Gasteiger partial charge in [0.2, 0.25) is 6.29 Å². The van der Waals surface area contributed by atoms with E-state index < -0.39 is 37.3 Å². The van der Waals surface area contributed by atoms with Crippen molar-refractivity contribution in [1.29, 1.82) is 0 Å². The zero-order chi connectivity index (χ0) is 16.7. The molecule has 1 fully saturated rings. The number of aromatic amines is 1. The molecule has 23 heavy (non-hydrogen) atoms. The van der Waals surface area contributed by atoms with E-state index in [4.69, 9.17) is 21.1 Å². The standard InChI is InChI=1S/C14H15BrClNO6/c15-5-1-2-6-9(10(5)16)7(3-17-6)22-14-13(21)12(20)11(19)8(4-18)23-14/h1-3,8,11-14,17-21H,4H2/t8-,11+,12-,13-,14+/m1/s1. The zero-order valence-electron chi connectivity index (χ0n) is 11.7. The van der Waals surface area contributed by atoms with E-state index in [2.05, 4.69) is 20.9 Å². The van der Waals surface area contributed by atoms with E-state index in [1.807, 2.05) is 0 Å². The Morgan fingerprint density at radius 1 is 1.22 bits per heavy atom. The number of aliphatic hydroxyl groups is 4. The normalized spacial score (nSPS) is 31.5. The summed E-state index contributed by atoms with van der Waals surface area (Å²) in [6.07, 6.45) is -5.17. The highest BCUT2D eigenvalue weighted by atomic mass is 79.9. The van der Waals surface area contributed by atoms with Gasteiger partial charge in [-0.25, -0.2) is 0 Å². The predicted octanol–water partition coefficient (Wildman–Crippen LogP) is 0.762. The van der Waals surface area contributed by atoms with Gasteiger partial charge in [0, 0.05) is 10.7 Å². The van der Waals surface area contributed by atoms with Crippen LogP contribution >= 0.6 is 27.5 Å². The second-order valence-electron chi connectivity index (χ2n) is 5.25. The van der Waals surface area contributed by atoms with Gasteiger partial charge in [-0.2, -0.15) is 0 Å². The van der Waals surface area contributed by atoms with Gasteiger partial charge in [0.05, 0.1) is 22.5 Å². The molecule has 1 aromatic heterocycles. The van der Waals surface area contributed by atoms with Crippen molar-refractivity contribution in [3.63, 3.8) is 0 Å². The number of benzene rings is 1. The molecular formula is C14H15BrClNO6. The van der Waals surface area contributed by atoms with E-state index in [0.29, 0.717) is 20.6 Å². The molecule has 1 aliphatic heterocycles. The number of nitrogens with one attached hydrogen (secondary N) is 1. The van der Waals surface area contributed by atoms with Crippen LogP contribution in [0.4, 0.5) is 0 Å². The molecule has 0 spiro atoms. The van der Waals surface area contributed by atoms with Crippen LogP contribution in [0.25, 0.3) is 10.9 Å². The Balaban J connectivity index is 1.91. The molecule has 2 aromatic rings. The van der Waals surface area contributed by atoms with Gasteiger partial charge in [-0.1, -0.05) is 11.6 Å². The van der Waals surface area contributed by atoms with Crippen LogP contribution in [0.3, 0.4) is 0 Å². The molecule has 7 nitrogen and oxygen atoms in total. The Kier molecular flexibility index (Phi) is 4.84. The van der Waals surface area contributed by atoms with E-state index >= 15 is 0 Å². The van der Waals surface area contributed by atoms with Crippen LogP contribution < -0.4 is 4.74 Å². The second-order valence-corrected chi connectivity index (χ2v) is 6.48. The molecule has 0 aliphatic carbocycles. The summed E-state index contributed by atoms with van der Waals surface area (Å²) >= 11 is 9.58. The van der Waals surface area contributed by atoms with E-state index in [9.17, 15) is 20.4 Å². The number of aromatic nitrogens is 1. The first-order valence-electron chi connectivity index (χ1n) is 6.86. The first kappa shape index (κ1) is 17.0. The number of aliphatic hydroxyl groups excluding tert-OH is 4. The van der Waals surface area contributed by atoms with Gasteiger partial charge in [-0.05, 0) is 28.1 Å². The molecule has 0 unspecified atom stereocenters. The summed E-state index contributed by atoms with van der Waals surface area (Å²) in [5.41, 5.74) is 0.720. The number of fused-ring (bicyclic) bond motifs is 1. The molecule has 2 heterocycles. The smallest absolute Gasteiger partial charge is 0.229 e. The van der Waals surface area contributed by atoms with Gasteiger partial charge >= 0.3 is 0 Å². The van der Waals surface area contributed by atoms with Crippen LogP contribution in [0.2, 0.25) is 5.02 Å². The number of ether oxygens (including phenoxy) is 2. The van der Waals surface area contributed by atoms with Crippen molar-refractivity contribution < 1.29 is 29.9 Å². The molecule has 0 bridgehead atoms. The van der Waals surface area contributed by atoms with Gasteiger partial charge in [-0.3, -0.25) is 0 Å². The summed E-state index contributed by atoms with van der Waals surface area (Å²) in [7, 11) is 0. The van der Waals surface area contributed by atoms with Crippen molar-refractivity contribution in [3.8, 4) is 5.75 Å². The van der Waals surface area contributed by atoms with Gasteiger partial charge < -0.3 is 34.9 Å². The summed E-state index contributed by atoms with van der Waals surface area (Å²) in [4.78, 5) is 2.98. The van der Waals surface area contributed by atoms with Gasteiger partial charge in [-0.15, -0.1) is 0 Å². The topological polar surface area (TPSA) is 115 Å². The molecular weight excluding hydrogens is 394 g/mol. The van der Waals surface area contributed by atoms with Crippen molar-refractivity contribution >= 4 is 38.4 Å². The first-order chi connectivity index (χ1) is 10.9. The van der Waals surface area contributed by atoms with Crippen LogP contribution in [-0.4, -0.2) is 62.7 Å². The van der Waals surface area contributed by atoms with Crippen LogP contribution in [0, 0.1) is 0 Å². The third kappa shape index (κ3) is 2.96. The van der Waals surface area contributed by atoms with Crippen LogP contribution in [0.1, 0.15) is 0 Å². The van der Waals surface area contributed by atoms with Crippen LogP contribution in [-0.2, 0) is 4.74 Å². The average molecular weight is 409 g/mol. The Morgan fingerprint density at radius 2 is 1.96 bits per heavy atom. The molecule has 0 saturated carbocycles. The molecule has 1 aliphatic rings. The summed E-state index contributed by atoms with van der Waals surface area (Å²) < 4.78 is 11.6. The lowest BCUT2D eigenvalue weighted by Crippen LogP contribution is -2.60. The molecule has 3 rings (SSSR count). The maximum atomic E-state index is 10.0. The lowest BCUT2D eigenvalue weighted by Gasteiger charge is -2.39. The molecule has 1 aromatic carbocycles. The zero-order valence-corrected chi connectivity index (χ0v) is 14.0. The first-order valence-corrected chi connectivity index (χ1v) is 8.03. The molecule has 1 saturated heterocycles. The van der Waals surface area contributed by atoms with E-state index in [-0.39, 0.29) is 0 Å². The van der Waals surface area contributed by atoms with Crippen molar-refractivity contribution in [2.75, 3.05) is 6.61 Å². The largest absolute Gasteiger partial charge is 0.460 e. The molecule has 9 heteroatoms. The fourth-order valence-electron chi connectivity index (χ4n) is 2.51. The maximum Gasteiger partial charge on any atom is 0.229 e. The number of halogens is 2. The third-order valence-corrected chi connectivity index (χ3v) is 5.07.